The van der Waals surface area contributed by atoms with Gasteiger partial charge in [-0.1, -0.05) is 0 Å². The SMILES string of the molecule is NC1[C@@H]2CC[C@H]1CN([C@H]1CCN(c3ccc(F)cc3)C1)C2. The third-order valence-corrected chi connectivity index (χ3v) is 5.81. The van der Waals surface area contributed by atoms with Gasteiger partial charge in [-0.2, -0.15) is 0 Å². The molecular weight excluding hydrogens is 265 g/mol. The lowest BCUT2D eigenvalue weighted by Gasteiger charge is -2.39. The largest absolute Gasteiger partial charge is 0.370 e. The molecule has 114 valence electrons. The molecule has 1 aromatic carbocycles. The van der Waals surface area contributed by atoms with Crippen LogP contribution in [0.2, 0.25) is 0 Å². The number of benzene rings is 1. The molecule has 4 heteroatoms. The average molecular weight is 289 g/mol. The number of fused-ring (bicyclic) bond motifs is 2. The Kier molecular flexibility index (Phi) is 3.38. The molecule has 3 aliphatic rings. The third-order valence-electron chi connectivity index (χ3n) is 5.81. The Hall–Kier alpha value is -1.13. The van der Waals surface area contributed by atoms with Crippen molar-refractivity contribution in [1.82, 2.24) is 4.90 Å². The van der Waals surface area contributed by atoms with Gasteiger partial charge in [0.1, 0.15) is 5.82 Å². The van der Waals surface area contributed by atoms with Crippen molar-refractivity contribution in [1.29, 1.82) is 0 Å². The van der Waals surface area contributed by atoms with Crippen LogP contribution in [0.4, 0.5) is 10.1 Å². The Morgan fingerprint density at radius 2 is 1.62 bits per heavy atom. The summed E-state index contributed by atoms with van der Waals surface area (Å²) in [6, 6.07) is 7.99. The summed E-state index contributed by atoms with van der Waals surface area (Å²) in [6.45, 7) is 4.51. The molecule has 2 bridgehead atoms. The summed E-state index contributed by atoms with van der Waals surface area (Å²) >= 11 is 0. The van der Waals surface area contributed by atoms with Gasteiger partial charge in [0.05, 0.1) is 0 Å². The second-order valence-electron chi connectivity index (χ2n) is 6.99. The predicted octanol–water partition coefficient (Wildman–Crippen LogP) is 2.07. The van der Waals surface area contributed by atoms with Gasteiger partial charge in [-0.25, -0.2) is 4.39 Å². The zero-order valence-corrected chi connectivity index (χ0v) is 12.4. The van der Waals surface area contributed by atoms with E-state index in [2.05, 4.69) is 9.80 Å². The molecule has 1 aliphatic carbocycles. The lowest BCUT2D eigenvalue weighted by atomic mass is 9.92. The normalized spacial score (nSPS) is 36.4. The summed E-state index contributed by atoms with van der Waals surface area (Å²) in [4.78, 5) is 5.07. The van der Waals surface area contributed by atoms with Crippen LogP contribution in [0.3, 0.4) is 0 Å². The molecule has 2 N–H and O–H groups in total. The number of hydrogen-bond acceptors (Lipinski definition) is 3. The summed E-state index contributed by atoms with van der Waals surface area (Å²) in [5, 5.41) is 0. The van der Waals surface area contributed by atoms with Crippen LogP contribution in [0.5, 0.6) is 0 Å². The first-order chi connectivity index (χ1) is 10.2. The number of anilines is 1. The van der Waals surface area contributed by atoms with E-state index in [0.29, 0.717) is 23.9 Å². The van der Waals surface area contributed by atoms with E-state index in [0.717, 1.165) is 18.8 Å². The first kappa shape index (κ1) is 13.5. The van der Waals surface area contributed by atoms with Crippen molar-refractivity contribution in [2.75, 3.05) is 31.1 Å². The Balaban J connectivity index is 1.41. The van der Waals surface area contributed by atoms with Gasteiger partial charge in [0, 0.05) is 44.0 Å². The molecule has 1 aromatic rings. The van der Waals surface area contributed by atoms with Crippen LogP contribution in [0.1, 0.15) is 19.3 Å². The van der Waals surface area contributed by atoms with Crippen LogP contribution in [-0.2, 0) is 0 Å². The molecule has 4 atom stereocenters. The van der Waals surface area contributed by atoms with Crippen molar-refractivity contribution in [2.45, 2.75) is 31.3 Å². The molecule has 21 heavy (non-hydrogen) atoms. The minimum atomic E-state index is -0.156. The monoisotopic (exact) mass is 289 g/mol. The number of nitrogens with two attached hydrogens (primary N) is 1. The van der Waals surface area contributed by atoms with Crippen LogP contribution >= 0.6 is 0 Å². The molecule has 1 saturated carbocycles. The smallest absolute Gasteiger partial charge is 0.123 e. The van der Waals surface area contributed by atoms with Crippen molar-refractivity contribution in [3.63, 3.8) is 0 Å². The van der Waals surface area contributed by atoms with Crippen LogP contribution in [0, 0.1) is 17.7 Å². The van der Waals surface area contributed by atoms with Gasteiger partial charge < -0.3 is 10.6 Å². The Bertz CT molecular complexity index is 489. The van der Waals surface area contributed by atoms with E-state index in [4.69, 9.17) is 5.73 Å². The number of rotatable bonds is 2. The van der Waals surface area contributed by atoms with Crippen molar-refractivity contribution in [2.24, 2.45) is 17.6 Å². The number of piperidine rings is 1. The minimum Gasteiger partial charge on any atom is -0.370 e. The highest BCUT2D eigenvalue weighted by atomic mass is 19.1. The Morgan fingerprint density at radius 1 is 0.952 bits per heavy atom. The molecule has 0 spiro atoms. The standard InChI is InChI=1S/C17H24FN3/c18-14-3-5-15(6-4-14)20-8-7-16(11-20)21-9-12-1-2-13(10-21)17(12)19/h3-6,12-13,16-17H,1-2,7-11,19H2/t12-,13+,16-,17?/m0/s1. The summed E-state index contributed by atoms with van der Waals surface area (Å²) in [6.07, 6.45) is 3.85. The van der Waals surface area contributed by atoms with Crippen molar-refractivity contribution in [3.05, 3.63) is 30.1 Å². The molecule has 4 rings (SSSR count). The van der Waals surface area contributed by atoms with Gasteiger partial charge in [-0.3, -0.25) is 4.90 Å². The van der Waals surface area contributed by atoms with Gasteiger partial charge in [0.15, 0.2) is 0 Å². The zero-order valence-electron chi connectivity index (χ0n) is 12.4. The first-order valence-corrected chi connectivity index (χ1v) is 8.21. The van der Waals surface area contributed by atoms with Crippen LogP contribution in [0.25, 0.3) is 0 Å². The van der Waals surface area contributed by atoms with Crippen molar-refractivity contribution < 1.29 is 4.39 Å². The fraction of sp³-hybridized carbons (Fsp3) is 0.647. The minimum absolute atomic E-state index is 0.156. The molecule has 0 radical (unpaired) electrons. The molecule has 0 aromatic heterocycles. The lowest BCUT2D eigenvalue weighted by molar-refractivity contribution is 0.110. The summed E-state index contributed by atoms with van der Waals surface area (Å²) in [5.41, 5.74) is 7.45. The summed E-state index contributed by atoms with van der Waals surface area (Å²) < 4.78 is 13.0. The highest BCUT2D eigenvalue weighted by molar-refractivity contribution is 5.47. The fourth-order valence-corrected chi connectivity index (χ4v) is 4.53. The first-order valence-electron chi connectivity index (χ1n) is 8.21. The van der Waals surface area contributed by atoms with E-state index in [1.807, 2.05) is 12.1 Å². The van der Waals surface area contributed by atoms with Crippen molar-refractivity contribution in [3.8, 4) is 0 Å². The Morgan fingerprint density at radius 3 is 2.29 bits per heavy atom. The van der Waals surface area contributed by atoms with E-state index in [1.54, 1.807) is 12.1 Å². The molecule has 2 heterocycles. The van der Waals surface area contributed by atoms with E-state index < -0.39 is 0 Å². The maximum atomic E-state index is 13.0. The van der Waals surface area contributed by atoms with Crippen molar-refractivity contribution >= 4 is 5.69 Å². The quantitative estimate of drug-likeness (QED) is 0.905. The molecular formula is C17H24FN3. The number of halogens is 1. The van der Waals surface area contributed by atoms with Crippen LogP contribution < -0.4 is 10.6 Å². The second-order valence-corrected chi connectivity index (χ2v) is 6.99. The summed E-state index contributed by atoms with van der Waals surface area (Å²) in [7, 11) is 0. The molecule has 2 saturated heterocycles. The molecule has 2 aliphatic heterocycles. The Labute approximate surface area is 125 Å². The maximum absolute atomic E-state index is 13.0. The zero-order chi connectivity index (χ0) is 14.4. The topological polar surface area (TPSA) is 32.5 Å². The van der Waals surface area contributed by atoms with Crippen LogP contribution in [0.15, 0.2) is 24.3 Å². The highest BCUT2D eigenvalue weighted by Crippen LogP contribution is 2.37. The van der Waals surface area contributed by atoms with Crippen LogP contribution in [-0.4, -0.2) is 43.2 Å². The van der Waals surface area contributed by atoms with Gasteiger partial charge in [-0.05, 0) is 55.4 Å². The summed E-state index contributed by atoms with van der Waals surface area (Å²) in [5.74, 6) is 1.27. The highest BCUT2D eigenvalue weighted by Gasteiger charge is 2.42. The van der Waals surface area contributed by atoms with Gasteiger partial charge >= 0.3 is 0 Å². The lowest BCUT2D eigenvalue weighted by Crippen LogP contribution is -2.52. The molecule has 0 amide bonds. The average Bonchev–Trinajstić information content (AvgIpc) is 3.03. The third kappa shape index (κ3) is 2.44. The molecule has 1 unspecified atom stereocenters. The molecule has 3 nitrogen and oxygen atoms in total. The van der Waals surface area contributed by atoms with E-state index in [1.165, 1.54) is 32.4 Å². The molecule has 3 fully saturated rings. The maximum Gasteiger partial charge on any atom is 0.123 e. The fourth-order valence-electron chi connectivity index (χ4n) is 4.53. The second kappa shape index (κ2) is 5.25. The number of nitrogens with zero attached hydrogens (tertiary/aromatic N) is 2. The van der Waals surface area contributed by atoms with Gasteiger partial charge in [0.2, 0.25) is 0 Å². The van der Waals surface area contributed by atoms with Gasteiger partial charge in [0.25, 0.3) is 0 Å². The van der Waals surface area contributed by atoms with E-state index in [9.17, 15) is 4.39 Å². The predicted molar refractivity (Wildman–Crippen MR) is 82.8 cm³/mol. The van der Waals surface area contributed by atoms with E-state index >= 15 is 0 Å². The van der Waals surface area contributed by atoms with Gasteiger partial charge in [-0.15, -0.1) is 0 Å². The number of hydrogen-bond donors (Lipinski definition) is 1. The number of likely N-dealkylation sites (tertiary alicyclic amines) is 1. The van der Waals surface area contributed by atoms with E-state index in [-0.39, 0.29) is 5.82 Å².